The van der Waals surface area contributed by atoms with Crippen molar-refractivity contribution in [2.24, 2.45) is 0 Å². The van der Waals surface area contributed by atoms with Crippen molar-refractivity contribution >= 4 is 69.0 Å². The number of nitrogens with one attached hydrogen (secondary N) is 2. The SMILES string of the molecule is CCn1cc(-c2cc(Nc3ncc(Br)c(Nc4ccc5nccnc5c4P(C)C)n3)c(OC)cc2N2CCOCC2)cn1. The van der Waals surface area contributed by atoms with Crippen molar-refractivity contribution < 1.29 is 9.47 Å². The van der Waals surface area contributed by atoms with Gasteiger partial charge in [0.15, 0.2) is 0 Å². The molecule has 43 heavy (non-hydrogen) atoms. The van der Waals surface area contributed by atoms with E-state index in [4.69, 9.17) is 14.5 Å². The summed E-state index contributed by atoms with van der Waals surface area (Å²) in [5.41, 5.74) is 6.60. The topological polar surface area (TPSA) is 115 Å². The third-order valence-electron chi connectivity index (χ3n) is 7.24. The molecular weight excluding hydrogens is 629 g/mol. The average Bonchev–Trinajstić information content (AvgIpc) is 3.52. The zero-order chi connectivity index (χ0) is 29.9. The van der Waals surface area contributed by atoms with E-state index >= 15 is 0 Å². The number of hydrogen-bond acceptors (Lipinski definition) is 10. The molecule has 1 aliphatic rings. The largest absolute Gasteiger partial charge is 0.494 e. The Labute approximate surface area is 260 Å². The summed E-state index contributed by atoms with van der Waals surface area (Å²) in [6, 6.07) is 8.16. The van der Waals surface area contributed by atoms with Crippen LogP contribution in [0.1, 0.15) is 6.92 Å². The number of fused-ring (bicyclic) bond motifs is 1. The van der Waals surface area contributed by atoms with Gasteiger partial charge in [0.1, 0.15) is 11.6 Å². The van der Waals surface area contributed by atoms with Crippen LogP contribution in [0.3, 0.4) is 0 Å². The summed E-state index contributed by atoms with van der Waals surface area (Å²) in [7, 11) is 1.19. The third kappa shape index (κ3) is 6.13. The van der Waals surface area contributed by atoms with Gasteiger partial charge in [0.2, 0.25) is 5.95 Å². The Balaban J connectivity index is 1.37. The molecule has 11 nitrogen and oxygen atoms in total. The first-order valence-corrected chi connectivity index (χ1v) is 17.0. The summed E-state index contributed by atoms with van der Waals surface area (Å²) in [6.07, 6.45) is 9.15. The van der Waals surface area contributed by atoms with Crippen LogP contribution in [-0.2, 0) is 11.3 Å². The van der Waals surface area contributed by atoms with Gasteiger partial charge in [0, 0.05) is 78.3 Å². The second kappa shape index (κ2) is 12.8. The number of anilines is 5. The Bertz CT molecular complexity index is 1760. The predicted molar refractivity (Wildman–Crippen MR) is 177 cm³/mol. The number of rotatable bonds is 9. The highest BCUT2D eigenvalue weighted by Crippen LogP contribution is 2.41. The van der Waals surface area contributed by atoms with Crippen molar-refractivity contribution in [1.82, 2.24) is 29.7 Å². The third-order valence-corrected chi connectivity index (χ3v) is 9.17. The second-order valence-corrected chi connectivity index (χ2v) is 13.3. The fraction of sp³-hybridized carbons (Fsp3) is 0.300. The van der Waals surface area contributed by atoms with Crippen molar-refractivity contribution in [2.75, 3.05) is 62.3 Å². The first-order chi connectivity index (χ1) is 20.9. The Kier molecular flexibility index (Phi) is 8.69. The molecule has 0 unspecified atom stereocenters. The van der Waals surface area contributed by atoms with Crippen LogP contribution in [0.25, 0.3) is 22.2 Å². The lowest BCUT2D eigenvalue weighted by atomic mass is 10.0. The van der Waals surface area contributed by atoms with Crippen molar-refractivity contribution in [3.63, 3.8) is 0 Å². The van der Waals surface area contributed by atoms with Crippen molar-refractivity contribution in [1.29, 1.82) is 0 Å². The van der Waals surface area contributed by atoms with Gasteiger partial charge in [-0.25, -0.2) is 4.98 Å². The van der Waals surface area contributed by atoms with Crippen LogP contribution in [-0.4, -0.2) is 76.5 Å². The van der Waals surface area contributed by atoms with E-state index in [-0.39, 0.29) is 0 Å². The van der Waals surface area contributed by atoms with Crippen LogP contribution in [0.15, 0.2) is 59.7 Å². The minimum atomic E-state index is -0.485. The molecule has 0 saturated carbocycles. The number of nitrogens with zero attached hydrogens (tertiary/aromatic N) is 7. The van der Waals surface area contributed by atoms with Gasteiger partial charge >= 0.3 is 0 Å². The fourth-order valence-electron chi connectivity index (χ4n) is 5.15. The number of halogens is 1. The maximum atomic E-state index is 5.87. The minimum absolute atomic E-state index is 0.427. The lowest BCUT2D eigenvalue weighted by Gasteiger charge is -2.31. The highest BCUT2D eigenvalue weighted by molar-refractivity contribution is 9.10. The normalized spacial score (nSPS) is 13.5. The molecule has 0 aliphatic carbocycles. The predicted octanol–water partition coefficient (Wildman–Crippen LogP) is 5.76. The monoisotopic (exact) mass is 661 g/mol. The van der Waals surface area contributed by atoms with Crippen LogP contribution in [0.2, 0.25) is 0 Å². The highest BCUT2D eigenvalue weighted by atomic mass is 79.9. The Morgan fingerprint density at radius 3 is 2.58 bits per heavy atom. The number of morpholine rings is 1. The first-order valence-electron chi connectivity index (χ1n) is 14.0. The van der Waals surface area contributed by atoms with E-state index in [2.05, 4.69) is 90.1 Å². The van der Waals surface area contributed by atoms with Crippen LogP contribution in [0.4, 0.5) is 28.8 Å². The van der Waals surface area contributed by atoms with Gasteiger partial charge in [-0.15, -0.1) is 0 Å². The van der Waals surface area contributed by atoms with E-state index in [9.17, 15) is 0 Å². The molecule has 0 atom stereocenters. The molecule has 2 aromatic carbocycles. The average molecular weight is 663 g/mol. The number of hydrogen-bond donors (Lipinski definition) is 2. The molecule has 2 N–H and O–H groups in total. The summed E-state index contributed by atoms with van der Waals surface area (Å²) < 4.78 is 14.2. The zero-order valence-corrected chi connectivity index (χ0v) is 27.0. The van der Waals surface area contributed by atoms with E-state index in [1.165, 1.54) is 0 Å². The van der Waals surface area contributed by atoms with Gasteiger partial charge < -0.3 is 25.0 Å². The molecule has 6 rings (SSSR count). The standard InChI is InChI=1S/C30H33BrN9O2P/c1-5-40-18-19(16-35-40)20-14-24(26(41-2)15-25(20)39-10-12-42-13-11-39)37-30-34-17-21(31)29(38-30)36-23-7-6-22-27(28(23)43(3)4)33-9-8-32-22/h6-9,14-18H,5,10-13H2,1-4H3,(H2,34,36,37,38). The van der Waals surface area contributed by atoms with Gasteiger partial charge in [0.25, 0.3) is 0 Å². The molecule has 0 amide bonds. The van der Waals surface area contributed by atoms with Gasteiger partial charge in [-0.1, -0.05) is 7.92 Å². The summed E-state index contributed by atoms with van der Waals surface area (Å²) in [6.45, 7) is 10.3. The summed E-state index contributed by atoms with van der Waals surface area (Å²) in [5, 5.41) is 12.6. The summed E-state index contributed by atoms with van der Waals surface area (Å²) in [5.74, 6) is 1.75. The van der Waals surface area contributed by atoms with E-state index in [0.717, 1.165) is 68.6 Å². The van der Waals surface area contributed by atoms with Crippen LogP contribution in [0.5, 0.6) is 5.75 Å². The van der Waals surface area contributed by atoms with Crippen LogP contribution >= 0.6 is 23.9 Å². The molecule has 1 fully saturated rings. The summed E-state index contributed by atoms with van der Waals surface area (Å²) in [4.78, 5) is 20.8. The maximum absolute atomic E-state index is 5.87. The molecule has 4 heterocycles. The van der Waals surface area contributed by atoms with E-state index < -0.39 is 7.92 Å². The van der Waals surface area contributed by atoms with Gasteiger partial charge in [-0.3, -0.25) is 14.6 Å². The van der Waals surface area contributed by atoms with E-state index in [0.29, 0.717) is 30.7 Å². The quantitative estimate of drug-likeness (QED) is 0.189. The molecule has 13 heteroatoms. The first kappa shape index (κ1) is 29.2. The van der Waals surface area contributed by atoms with Crippen LogP contribution < -0.4 is 25.6 Å². The van der Waals surface area contributed by atoms with Crippen LogP contribution in [0, 0.1) is 0 Å². The zero-order valence-electron chi connectivity index (χ0n) is 24.5. The Morgan fingerprint density at radius 1 is 1.02 bits per heavy atom. The molecule has 222 valence electrons. The maximum Gasteiger partial charge on any atom is 0.229 e. The van der Waals surface area contributed by atoms with Gasteiger partial charge in [0.05, 0.1) is 47.7 Å². The second-order valence-electron chi connectivity index (χ2n) is 10.2. The lowest BCUT2D eigenvalue weighted by Crippen LogP contribution is -2.36. The lowest BCUT2D eigenvalue weighted by molar-refractivity contribution is 0.122. The molecule has 0 spiro atoms. The number of methoxy groups -OCH3 is 1. The van der Waals surface area contributed by atoms with Gasteiger partial charge in [-0.2, -0.15) is 10.1 Å². The number of aryl methyl sites for hydroxylation is 1. The molecule has 5 aromatic rings. The number of aromatic nitrogens is 6. The number of benzene rings is 2. The minimum Gasteiger partial charge on any atom is -0.494 e. The highest BCUT2D eigenvalue weighted by Gasteiger charge is 2.21. The number of ether oxygens (including phenoxy) is 2. The van der Waals surface area contributed by atoms with Crippen molar-refractivity contribution in [2.45, 2.75) is 13.5 Å². The molecule has 3 aromatic heterocycles. The Morgan fingerprint density at radius 2 is 1.84 bits per heavy atom. The van der Waals surface area contributed by atoms with Gasteiger partial charge in [-0.05, 0) is 54.4 Å². The van der Waals surface area contributed by atoms with Crippen molar-refractivity contribution in [3.8, 4) is 16.9 Å². The molecule has 0 radical (unpaired) electrons. The smallest absolute Gasteiger partial charge is 0.229 e. The van der Waals surface area contributed by atoms with E-state index in [1.54, 1.807) is 25.7 Å². The molecule has 1 aliphatic heterocycles. The molecule has 1 saturated heterocycles. The van der Waals surface area contributed by atoms with E-state index in [1.807, 2.05) is 23.0 Å². The summed E-state index contributed by atoms with van der Waals surface area (Å²) >= 11 is 3.63. The molecular formula is C30H33BrN9O2P. The molecule has 0 bridgehead atoms. The fourth-order valence-corrected chi connectivity index (χ4v) is 6.65. The Hall–Kier alpha value is -3.86. The van der Waals surface area contributed by atoms with Crippen molar-refractivity contribution in [3.05, 3.63) is 59.7 Å².